The Labute approximate surface area is 168 Å². The molecule has 1 fully saturated rings. The van der Waals surface area contributed by atoms with Crippen molar-refractivity contribution < 1.29 is 13.2 Å². The molecule has 0 amide bonds. The fraction of sp³-hybridized carbons (Fsp3) is 0.263. The monoisotopic (exact) mass is 412 g/mol. The zero-order valence-electron chi connectivity index (χ0n) is 15.8. The molecule has 0 saturated carbocycles. The summed E-state index contributed by atoms with van der Waals surface area (Å²) in [5.74, 6) is 1.14. The highest BCUT2D eigenvalue weighted by Crippen LogP contribution is 2.21. The molecule has 0 unspecified atom stereocenters. The fourth-order valence-electron chi connectivity index (χ4n) is 3.20. The third kappa shape index (κ3) is 3.89. The van der Waals surface area contributed by atoms with E-state index in [1.807, 2.05) is 17.0 Å². The van der Waals surface area contributed by atoms with Crippen molar-refractivity contribution in [2.24, 2.45) is 0 Å². The van der Waals surface area contributed by atoms with Gasteiger partial charge in [0.15, 0.2) is 17.4 Å². The minimum absolute atomic E-state index is 0.141. The SMILES string of the molecule is CC(=O)c1cccc(S(=O)(=O)N2CCN(c3ccc(-n4cccn4)nn3)CC2)c1. The fourth-order valence-corrected chi connectivity index (χ4v) is 4.66. The van der Waals surface area contributed by atoms with Gasteiger partial charge in [-0.25, -0.2) is 13.1 Å². The van der Waals surface area contributed by atoms with Crippen molar-refractivity contribution >= 4 is 21.6 Å². The molecule has 2 aromatic heterocycles. The van der Waals surface area contributed by atoms with Crippen LogP contribution in [-0.2, 0) is 10.0 Å². The first-order valence-electron chi connectivity index (χ1n) is 9.15. The van der Waals surface area contributed by atoms with Gasteiger partial charge in [-0.1, -0.05) is 12.1 Å². The normalized spacial score (nSPS) is 15.4. The summed E-state index contributed by atoms with van der Waals surface area (Å²) in [6, 6.07) is 11.6. The summed E-state index contributed by atoms with van der Waals surface area (Å²) >= 11 is 0. The first-order chi connectivity index (χ1) is 13.9. The summed E-state index contributed by atoms with van der Waals surface area (Å²) in [7, 11) is -3.65. The number of anilines is 1. The van der Waals surface area contributed by atoms with Gasteiger partial charge in [-0.2, -0.15) is 9.40 Å². The summed E-state index contributed by atoms with van der Waals surface area (Å²) < 4.78 is 28.9. The van der Waals surface area contributed by atoms with E-state index in [-0.39, 0.29) is 10.7 Å². The van der Waals surface area contributed by atoms with E-state index in [9.17, 15) is 13.2 Å². The number of nitrogens with zero attached hydrogens (tertiary/aromatic N) is 6. The molecular formula is C19H20N6O3S. The number of ketones is 1. The Hall–Kier alpha value is -3.11. The number of Topliss-reactive ketones (excluding diaryl/α,β-unsaturated/α-hetero) is 1. The molecule has 4 rings (SSSR count). The van der Waals surface area contributed by atoms with Crippen molar-refractivity contribution in [1.82, 2.24) is 24.3 Å². The van der Waals surface area contributed by atoms with Crippen LogP contribution in [0.3, 0.4) is 0 Å². The van der Waals surface area contributed by atoms with E-state index in [2.05, 4.69) is 15.3 Å². The zero-order valence-corrected chi connectivity index (χ0v) is 16.7. The first kappa shape index (κ1) is 19.2. The summed E-state index contributed by atoms with van der Waals surface area (Å²) in [5, 5.41) is 12.5. The van der Waals surface area contributed by atoms with Crippen LogP contribution >= 0.6 is 0 Å². The summed E-state index contributed by atoms with van der Waals surface area (Å²) in [6.07, 6.45) is 3.45. The number of carbonyl (C=O) groups excluding carboxylic acids is 1. The van der Waals surface area contributed by atoms with Gasteiger partial charge in [0.1, 0.15) is 0 Å². The van der Waals surface area contributed by atoms with Gasteiger partial charge in [-0.15, -0.1) is 10.2 Å². The minimum atomic E-state index is -3.65. The Morgan fingerprint density at radius 3 is 2.31 bits per heavy atom. The van der Waals surface area contributed by atoms with Crippen LogP contribution < -0.4 is 4.90 Å². The van der Waals surface area contributed by atoms with Crippen LogP contribution in [0.1, 0.15) is 17.3 Å². The van der Waals surface area contributed by atoms with E-state index in [1.165, 1.54) is 23.4 Å². The highest BCUT2D eigenvalue weighted by Gasteiger charge is 2.29. The summed E-state index contributed by atoms with van der Waals surface area (Å²) in [5.41, 5.74) is 0.386. The molecule has 29 heavy (non-hydrogen) atoms. The standard InChI is InChI=1S/C19H20N6O3S/c1-15(26)16-4-2-5-17(14-16)29(27,28)24-12-10-23(11-13-24)18-6-7-19(22-21-18)25-9-3-8-20-25/h2-9,14H,10-13H2,1H3. The summed E-state index contributed by atoms with van der Waals surface area (Å²) in [6.45, 7) is 3.08. The Balaban J connectivity index is 1.45. The van der Waals surface area contributed by atoms with Crippen molar-refractivity contribution in [3.8, 4) is 5.82 Å². The van der Waals surface area contributed by atoms with Crippen LogP contribution in [-0.4, -0.2) is 64.7 Å². The highest BCUT2D eigenvalue weighted by atomic mass is 32.2. The van der Waals surface area contributed by atoms with E-state index in [1.54, 1.807) is 35.3 Å². The number of piperazine rings is 1. The number of benzene rings is 1. The molecule has 10 heteroatoms. The number of aromatic nitrogens is 4. The van der Waals surface area contributed by atoms with Crippen molar-refractivity contribution in [1.29, 1.82) is 0 Å². The molecular weight excluding hydrogens is 392 g/mol. The Bertz CT molecular complexity index is 1110. The van der Waals surface area contributed by atoms with Gasteiger partial charge in [0.05, 0.1) is 4.90 Å². The molecule has 3 aromatic rings. The van der Waals surface area contributed by atoms with Crippen molar-refractivity contribution in [3.63, 3.8) is 0 Å². The predicted octanol–water partition coefficient (Wildman–Crippen LogP) is 1.38. The van der Waals surface area contributed by atoms with E-state index < -0.39 is 10.0 Å². The van der Waals surface area contributed by atoms with Gasteiger partial charge < -0.3 is 4.90 Å². The third-order valence-electron chi connectivity index (χ3n) is 4.82. The number of sulfonamides is 1. The van der Waals surface area contributed by atoms with Crippen LogP contribution in [0.4, 0.5) is 5.82 Å². The van der Waals surface area contributed by atoms with Crippen LogP contribution in [0.15, 0.2) is 59.8 Å². The average Bonchev–Trinajstić information content (AvgIpc) is 3.29. The molecule has 0 spiro atoms. The van der Waals surface area contributed by atoms with Gasteiger partial charge in [-0.3, -0.25) is 4.79 Å². The number of hydrogen-bond donors (Lipinski definition) is 0. The maximum absolute atomic E-state index is 12.9. The lowest BCUT2D eigenvalue weighted by Crippen LogP contribution is -2.49. The quantitative estimate of drug-likeness (QED) is 0.584. The molecule has 1 aromatic carbocycles. The number of carbonyl (C=O) groups is 1. The lowest BCUT2D eigenvalue weighted by Gasteiger charge is -2.34. The molecule has 150 valence electrons. The molecule has 0 atom stereocenters. The van der Waals surface area contributed by atoms with Gasteiger partial charge in [-0.05, 0) is 37.3 Å². The average molecular weight is 412 g/mol. The molecule has 0 radical (unpaired) electrons. The van der Waals surface area contributed by atoms with Gasteiger partial charge in [0.25, 0.3) is 0 Å². The largest absolute Gasteiger partial charge is 0.352 e. The maximum Gasteiger partial charge on any atom is 0.243 e. The molecule has 1 aliphatic rings. The predicted molar refractivity (Wildman–Crippen MR) is 107 cm³/mol. The second-order valence-corrected chi connectivity index (χ2v) is 8.61. The number of rotatable bonds is 5. The third-order valence-corrected chi connectivity index (χ3v) is 6.71. The van der Waals surface area contributed by atoms with Crippen LogP contribution in [0, 0.1) is 0 Å². The van der Waals surface area contributed by atoms with E-state index in [0.717, 1.165) is 0 Å². The number of hydrogen-bond acceptors (Lipinski definition) is 7. The van der Waals surface area contributed by atoms with Crippen LogP contribution in [0.25, 0.3) is 5.82 Å². The van der Waals surface area contributed by atoms with E-state index in [4.69, 9.17) is 0 Å². The van der Waals surface area contributed by atoms with Gasteiger partial charge in [0, 0.05) is 44.1 Å². The topological polar surface area (TPSA) is 101 Å². The zero-order chi connectivity index (χ0) is 20.4. The van der Waals surface area contributed by atoms with E-state index >= 15 is 0 Å². The van der Waals surface area contributed by atoms with E-state index in [0.29, 0.717) is 43.4 Å². The second kappa shape index (κ2) is 7.72. The molecule has 0 bridgehead atoms. The summed E-state index contributed by atoms with van der Waals surface area (Å²) in [4.78, 5) is 13.7. The lowest BCUT2D eigenvalue weighted by atomic mass is 10.2. The Kier molecular flexibility index (Phi) is 5.12. The molecule has 3 heterocycles. The molecule has 1 aliphatic heterocycles. The first-order valence-corrected chi connectivity index (χ1v) is 10.6. The Morgan fingerprint density at radius 1 is 0.966 bits per heavy atom. The van der Waals surface area contributed by atoms with Crippen LogP contribution in [0.2, 0.25) is 0 Å². The Morgan fingerprint density at radius 2 is 1.69 bits per heavy atom. The molecule has 9 nitrogen and oxygen atoms in total. The van der Waals surface area contributed by atoms with Crippen LogP contribution in [0.5, 0.6) is 0 Å². The molecule has 1 saturated heterocycles. The van der Waals surface area contributed by atoms with Gasteiger partial charge in [0.2, 0.25) is 10.0 Å². The molecule has 0 aliphatic carbocycles. The van der Waals surface area contributed by atoms with Crippen molar-refractivity contribution in [3.05, 3.63) is 60.4 Å². The maximum atomic E-state index is 12.9. The highest BCUT2D eigenvalue weighted by molar-refractivity contribution is 7.89. The minimum Gasteiger partial charge on any atom is -0.352 e. The smallest absolute Gasteiger partial charge is 0.243 e. The van der Waals surface area contributed by atoms with Crippen molar-refractivity contribution in [2.45, 2.75) is 11.8 Å². The van der Waals surface area contributed by atoms with Crippen molar-refractivity contribution in [2.75, 3.05) is 31.1 Å². The lowest BCUT2D eigenvalue weighted by molar-refractivity contribution is 0.101. The molecule has 0 N–H and O–H groups in total. The second-order valence-electron chi connectivity index (χ2n) is 6.68. The van der Waals surface area contributed by atoms with Gasteiger partial charge >= 0.3 is 0 Å².